The molecule has 1 aromatic carbocycles. The molecule has 2 N–H and O–H groups in total. The fraction of sp³-hybridized carbons (Fsp3) is 0.467. The number of aliphatic carboxylic acids is 1. The van der Waals surface area contributed by atoms with Crippen LogP contribution in [-0.4, -0.2) is 23.6 Å². The largest absolute Gasteiger partial charge is 0.494 e. The van der Waals surface area contributed by atoms with Gasteiger partial charge in [-0.1, -0.05) is 19.4 Å². The second kappa shape index (κ2) is 8.96. The summed E-state index contributed by atoms with van der Waals surface area (Å²) < 4.78 is 5.55. The lowest BCUT2D eigenvalue weighted by molar-refractivity contribution is -0.137. The van der Waals surface area contributed by atoms with E-state index >= 15 is 0 Å². The number of nitrogens with one attached hydrogen (secondary N) is 1. The number of ether oxygens (including phenoxy) is 1. The number of amides is 1. The Hall–Kier alpha value is -2.04. The molecular formula is C15H21NO4. The van der Waals surface area contributed by atoms with Gasteiger partial charge >= 0.3 is 5.97 Å². The maximum absolute atomic E-state index is 11.6. The van der Waals surface area contributed by atoms with E-state index in [9.17, 15) is 9.59 Å². The van der Waals surface area contributed by atoms with Crippen molar-refractivity contribution in [1.29, 1.82) is 0 Å². The summed E-state index contributed by atoms with van der Waals surface area (Å²) in [5.41, 5.74) is 0.666. The molecule has 0 radical (unpaired) electrons. The molecule has 0 fully saturated rings. The van der Waals surface area contributed by atoms with Crippen LogP contribution in [-0.2, 0) is 9.59 Å². The van der Waals surface area contributed by atoms with Crippen LogP contribution < -0.4 is 10.1 Å². The zero-order chi connectivity index (χ0) is 14.8. The number of unbranched alkanes of at least 4 members (excludes halogenated alkanes) is 1. The lowest BCUT2D eigenvalue weighted by Gasteiger charge is -2.08. The third-order valence-electron chi connectivity index (χ3n) is 2.68. The number of rotatable bonds is 9. The molecule has 20 heavy (non-hydrogen) atoms. The number of anilines is 1. The van der Waals surface area contributed by atoms with Gasteiger partial charge in [-0.3, -0.25) is 9.59 Å². The predicted molar refractivity (Wildman–Crippen MR) is 77.0 cm³/mol. The van der Waals surface area contributed by atoms with E-state index in [2.05, 4.69) is 12.2 Å². The molecule has 0 aromatic heterocycles. The number of benzene rings is 1. The van der Waals surface area contributed by atoms with Gasteiger partial charge in [-0.2, -0.15) is 0 Å². The number of carboxylic acid groups (broad SMARTS) is 1. The Labute approximate surface area is 118 Å². The normalized spacial score (nSPS) is 10.1. The molecular weight excluding hydrogens is 258 g/mol. The van der Waals surface area contributed by atoms with Crippen LogP contribution in [0.5, 0.6) is 5.75 Å². The summed E-state index contributed by atoms with van der Waals surface area (Å²) in [6, 6.07) is 7.20. The van der Waals surface area contributed by atoms with Crippen molar-refractivity contribution in [2.75, 3.05) is 11.9 Å². The molecule has 0 bridgehead atoms. The highest BCUT2D eigenvalue weighted by Crippen LogP contribution is 2.18. The zero-order valence-electron chi connectivity index (χ0n) is 11.7. The van der Waals surface area contributed by atoms with Gasteiger partial charge in [0.1, 0.15) is 5.75 Å². The average Bonchev–Trinajstić information content (AvgIpc) is 2.39. The van der Waals surface area contributed by atoms with Crippen LogP contribution in [0, 0.1) is 0 Å². The highest BCUT2D eigenvalue weighted by Gasteiger charge is 2.05. The van der Waals surface area contributed by atoms with Crippen molar-refractivity contribution in [1.82, 2.24) is 0 Å². The van der Waals surface area contributed by atoms with E-state index in [1.807, 2.05) is 12.1 Å². The molecule has 0 atom stereocenters. The topological polar surface area (TPSA) is 75.6 Å². The third-order valence-corrected chi connectivity index (χ3v) is 2.68. The number of hydrogen-bond donors (Lipinski definition) is 2. The minimum absolute atomic E-state index is 0.00753. The Morgan fingerprint density at radius 2 is 2.05 bits per heavy atom. The summed E-state index contributed by atoms with van der Waals surface area (Å²) in [7, 11) is 0. The van der Waals surface area contributed by atoms with Crippen molar-refractivity contribution in [2.24, 2.45) is 0 Å². The Morgan fingerprint density at radius 3 is 2.75 bits per heavy atom. The lowest BCUT2D eigenvalue weighted by Crippen LogP contribution is -2.12. The van der Waals surface area contributed by atoms with Crippen LogP contribution in [0.1, 0.15) is 39.0 Å². The van der Waals surface area contributed by atoms with E-state index in [1.165, 1.54) is 0 Å². The van der Waals surface area contributed by atoms with Crippen LogP contribution in [0.3, 0.4) is 0 Å². The molecule has 1 aromatic rings. The van der Waals surface area contributed by atoms with E-state index in [1.54, 1.807) is 12.1 Å². The molecule has 5 heteroatoms. The van der Waals surface area contributed by atoms with Gasteiger partial charge in [0.15, 0.2) is 0 Å². The van der Waals surface area contributed by atoms with Gasteiger partial charge in [0.2, 0.25) is 5.91 Å². The summed E-state index contributed by atoms with van der Waals surface area (Å²) in [6.07, 6.45) is 2.61. The van der Waals surface area contributed by atoms with Gasteiger partial charge < -0.3 is 15.2 Å². The highest BCUT2D eigenvalue weighted by molar-refractivity contribution is 5.91. The van der Waals surface area contributed by atoms with Gasteiger partial charge in [0, 0.05) is 24.6 Å². The second-order valence-corrected chi connectivity index (χ2v) is 4.53. The molecule has 0 saturated heterocycles. The first kappa shape index (κ1) is 16.0. The third kappa shape index (κ3) is 6.78. The van der Waals surface area contributed by atoms with Gasteiger partial charge in [-0.05, 0) is 25.0 Å². The smallest absolute Gasteiger partial charge is 0.303 e. The minimum atomic E-state index is -0.885. The van der Waals surface area contributed by atoms with Crippen LogP contribution >= 0.6 is 0 Å². The summed E-state index contributed by atoms with van der Waals surface area (Å²) >= 11 is 0. The lowest BCUT2D eigenvalue weighted by atomic mass is 10.2. The van der Waals surface area contributed by atoms with Crippen molar-refractivity contribution < 1.29 is 19.4 Å². The molecule has 5 nitrogen and oxygen atoms in total. The van der Waals surface area contributed by atoms with Crippen molar-refractivity contribution in [3.05, 3.63) is 24.3 Å². The maximum Gasteiger partial charge on any atom is 0.303 e. The quantitative estimate of drug-likeness (QED) is 0.681. The standard InChI is InChI=1S/C15H21NO4/c1-2-3-10-20-13-7-4-6-12(11-13)16-14(17)8-5-9-15(18)19/h4,6-7,11H,2-3,5,8-10H2,1H3,(H,16,17)(H,18,19). The summed E-state index contributed by atoms with van der Waals surface area (Å²) in [6.45, 7) is 2.75. The van der Waals surface area contributed by atoms with Crippen LogP contribution in [0.2, 0.25) is 0 Å². The molecule has 0 saturated carbocycles. The van der Waals surface area contributed by atoms with Crippen molar-refractivity contribution in [3.8, 4) is 5.75 Å². The van der Waals surface area contributed by atoms with Crippen molar-refractivity contribution >= 4 is 17.6 Å². The van der Waals surface area contributed by atoms with Gasteiger partial charge in [0.25, 0.3) is 0 Å². The maximum atomic E-state index is 11.6. The Bertz CT molecular complexity index is 445. The molecule has 0 heterocycles. The van der Waals surface area contributed by atoms with Crippen LogP contribution in [0.15, 0.2) is 24.3 Å². The first-order valence-electron chi connectivity index (χ1n) is 6.86. The summed E-state index contributed by atoms with van der Waals surface area (Å²) in [4.78, 5) is 22.0. The highest BCUT2D eigenvalue weighted by atomic mass is 16.5. The number of carbonyl (C=O) groups is 2. The summed E-state index contributed by atoms with van der Waals surface area (Å²) in [5.74, 6) is -0.345. The van der Waals surface area contributed by atoms with Gasteiger partial charge in [-0.25, -0.2) is 0 Å². The SMILES string of the molecule is CCCCOc1cccc(NC(=O)CCCC(=O)O)c1. The summed E-state index contributed by atoms with van der Waals surface area (Å²) in [5, 5.41) is 11.2. The van der Waals surface area contributed by atoms with E-state index in [0.29, 0.717) is 18.7 Å². The van der Waals surface area contributed by atoms with E-state index < -0.39 is 5.97 Å². The second-order valence-electron chi connectivity index (χ2n) is 4.53. The molecule has 0 aliphatic carbocycles. The van der Waals surface area contributed by atoms with Crippen LogP contribution in [0.4, 0.5) is 5.69 Å². The first-order valence-corrected chi connectivity index (χ1v) is 6.86. The average molecular weight is 279 g/mol. The predicted octanol–water partition coefficient (Wildman–Crippen LogP) is 3.06. The van der Waals surface area contributed by atoms with Crippen LogP contribution in [0.25, 0.3) is 0 Å². The van der Waals surface area contributed by atoms with Gasteiger partial charge in [-0.15, -0.1) is 0 Å². The zero-order valence-corrected chi connectivity index (χ0v) is 11.7. The monoisotopic (exact) mass is 279 g/mol. The molecule has 0 spiro atoms. The molecule has 110 valence electrons. The fourth-order valence-corrected chi connectivity index (χ4v) is 1.62. The Morgan fingerprint density at radius 1 is 1.25 bits per heavy atom. The Kier molecular flexibility index (Phi) is 7.17. The van der Waals surface area contributed by atoms with E-state index in [0.717, 1.165) is 18.6 Å². The number of carbonyl (C=O) groups excluding carboxylic acids is 1. The number of carboxylic acids is 1. The molecule has 0 aliphatic heterocycles. The Balaban J connectivity index is 2.40. The molecule has 0 aliphatic rings. The first-order chi connectivity index (χ1) is 9.61. The van der Waals surface area contributed by atoms with Crippen molar-refractivity contribution in [2.45, 2.75) is 39.0 Å². The molecule has 0 unspecified atom stereocenters. The number of hydrogen-bond acceptors (Lipinski definition) is 3. The molecule has 1 rings (SSSR count). The van der Waals surface area contributed by atoms with Crippen molar-refractivity contribution in [3.63, 3.8) is 0 Å². The molecule has 1 amide bonds. The minimum Gasteiger partial charge on any atom is -0.494 e. The van der Waals surface area contributed by atoms with Gasteiger partial charge in [0.05, 0.1) is 6.61 Å². The van der Waals surface area contributed by atoms with E-state index in [-0.39, 0.29) is 18.7 Å². The van der Waals surface area contributed by atoms with E-state index in [4.69, 9.17) is 9.84 Å². The fourth-order valence-electron chi connectivity index (χ4n) is 1.62.